The zero-order valence-corrected chi connectivity index (χ0v) is 15.9. The van der Waals surface area contributed by atoms with Crippen LogP contribution in [0, 0.1) is 5.82 Å². The molecule has 0 N–H and O–H groups in total. The Morgan fingerprint density at radius 2 is 1.58 bits per heavy atom. The van der Waals surface area contributed by atoms with Gasteiger partial charge in [0.15, 0.2) is 0 Å². The average molecular weight is 357 g/mol. The number of sulfonamides is 1. The minimum absolute atomic E-state index is 0.0658. The first-order chi connectivity index (χ1) is 11.0. The van der Waals surface area contributed by atoms with Gasteiger partial charge in [0, 0.05) is 18.6 Å². The van der Waals surface area contributed by atoms with E-state index in [2.05, 4.69) is 0 Å². The molecule has 1 aliphatic heterocycles. The molecule has 0 spiro atoms. The highest BCUT2D eigenvalue weighted by Gasteiger charge is 2.52. The quantitative estimate of drug-likeness (QED) is 0.758. The number of benzene rings is 1. The molecule has 0 radical (unpaired) electrons. The zero-order chi connectivity index (χ0) is 18.3. The third-order valence-corrected chi connectivity index (χ3v) is 6.87. The maximum atomic E-state index is 14.6. The summed E-state index contributed by atoms with van der Waals surface area (Å²) in [7, 11) is -4.56. The lowest BCUT2D eigenvalue weighted by molar-refractivity contribution is 0.00578. The number of hydrogen-bond acceptors (Lipinski definition) is 4. The van der Waals surface area contributed by atoms with Gasteiger partial charge in [-0.3, -0.25) is 0 Å². The molecule has 1 saturated heterocycles. The third-order valence-electron chi connectivity index (χ3n) is 4.82. The summed E-state index contributed by atoms with van der Waals surface area (Å²) in [5.41, 5.74) is -0.973. The van der Waals surface area contributed by atoms with Crippen LogP contribution in [0.15, 0.2) is 23.1 Å². The Morgan fingerprint density at radius 3 is 2.00 bits per heavy atom. The van der Waals surface area contributed by atoms with E-state index >= 15 is 0 Å². The van der Waals surface area contributed by atoms with Gasteiger partial charge in [-0.05, 0) is 39.8 Å². The molecule has 5 nitrogen and oxygen atoms in total. The SMILES string of the molecule is CCN(CC)S(=O)(=O)c1ccc(B2OC(C)(C)C(C)(C)O2)c(F)c1. The van der Waals surface area contributed by atoms with Crippen LogP contribution in [-0.4, -0.2) is 44.1 Å². The lowest BCUT2D eigenvalue weighted by Crippen LogP contribution is -2.41. The van der Waals surface area contributed by atoms with Crippen molar-refractivity contribution in [1.82, 2.24) is 4.31 Å². The monoisotopic (exact) mass is 357 g/mol. The van der Waals surface area contributed by atoms with Crippen LogP contribution in [0.4, 0.5) is 4.39 Å². The highest BCUT2D eigenvalue weighted by molar-refractivity contribution is 7.89. The minimum atomic E-state index is -3.70. The van der Waals surface area contributed by atoms with Gasteiger partial charge in [-0.2, -0.15) is 4.31 Å². The normalized spacial score (nSPS) is 19.9. The molecule has 24 heavy (non-hydrogen) atoms. The summed E-state index contributed by atoms with van der Waals surface area (Å²) in [5.74, 6) is -0.651. The van der Waals surface area contributed by atoms with Crippen molar-refractivity contribution in [1.29, 1.82) is 0 Å². The van der Waals surface area contributed by atoms with E-state index in [1.807, 2.05) is 27.7 Å². The molecule has 1 aromatic rings. The summed E-state index contributed by atoms with van der Waals surface area (Å²) < 4.78 is 52.5. The predicted octanol–water partition coefficient (Wildman–Crippen LogP) is 2.16. The van der Waals surface area contributed by atoms with Crippen molar-refractivity contribution in [3.05, 3.63) is 24.0 Å². The Morgan fingerprint density at radius 1 is 1.08 bits per heavy atom. The maximum Gasteiger partial charge on any atom is 0.497 e. The highest BCUT2D eigenvalue weighted by atomic mass is 32.2. The third kappa shape index (κ3) is 3.25. The van der Waals surface area contributed by atoms with Crippen molar-refractivity contribution in [2.75, 3.05) is 13.1 Å². The van der Waals surface area contributed by atoms with Crippen molar-refractivity contribution in [3.8, 4) is 0 Å². The van der Waals surface area contributed by atoms with E-state index in [0.29, 0.717) is 13.1 Å². The molecular formula is C16H25BFNO4S. The van der Waals surface area contributed by atoms with E-state index in [9.17, 15) is 12.8 Å². The summed E-state index contributed by atoms with van der Waals surface area (Å²) in [6.07, 6.45) is 0. The summed E-state index contributed by atoms with van der Waals surface area (Å²) >= 11 is 0. The number of rotatable bonds is 5. The molecule has 0 unspecified atom stereocenters. The van der Waals surface area contributed by atoms with E-state index in [4.69, 9.17) is 9.31 Å². The van der Waals surface area contributed by atoms with Crippen LogP contribution in [0.2, 0.25) is 0 Å². The van der Waals surface area contributed by atoms with Gasteiger partial charge in [0.25, 0.3) is 0 Å². The lowest BCUT2D eigenvalue weighted by atomic mass is 9.79. The lowest BCUT2D eigenvalue weighted by Gasteiger charge is -2.32. The fourth-order valence-corrected chi connectivity index (χ4v) is 4.01. The fourth-order valence-electron chi connectivity index (χ4n) is 2.54. The molecule has 134 valence electrons. The van der Waals surface area contributed by atoms with Gasteiger partial charge in [0.05, 0.1) is 16.1 Å². The molecule has 0 amide bonds. The first kappa shape index (κ1) is 19.4. The molecule has 1 fully saturated rings. The average Bonchev–Trinajstić information content (AvgIpc) is 2.68. The molecule has 0 bridgehead atoms. The molecule has 1 aliphatic rings. The molecule has 0 aliphatic carbocycles. The van der Waals surface area contributed by atoms with Gasteiger partial charge in [0.2, 0.25) is 10.0 Å². The van der Waals surface area contributed by atoms with Crippen LogP contribution >= 0.6 is 0 Å². The van der Waals surface area contributed by atoms with Crippen LogP contribution in [-0.2, 0) is 19.3 Å². The number of nitrogens with zero attached hydrogens (tertiary/aromatic N) is 1. The summed E-state index contributed by atoms with van der Waals surface area (Å²) in [5, 5.41) is 0. The first-order valence-corrected chi connectivity index (χ1v) is 9.55. The van der Waals surface area contributed by atoms with Gasteiger partial charge >= 0.3 is 7.12 Å². The van der Waals surface area contributed by atoms with Crippen molar-refractivity contribution >= 4 is 22.6 Å². The van der Waals surface area contributed by atoms with Gasteiger partial charge in [0.1, 0.15) is 5.82 Å². The number of hydrogen-bond donors (Lipinski definition) is 0. The summed E-state index contributed by atoms with van der Waals surface area (Å²) in [6, 6.07) is 3.86. The predicted molar refractivity (Wildman–Crippen MR) is 92.2 cm³/mol. The molecule has 2 rings (SSSR count). The summed E-state index contributed by atoms with van der Waals surface area (Å²) in [4.78, 5) is -0.0658. The largest absolute Gasteiger partial charge is 0.497 e. The highest BCUT2D eigenvalue weighted by Crippen LogP contribution is 2.36. The second-order valence-corrected chi connectivity index (χ2v) is 8.80. The van der Waals surface area contributed by atoms with Crippen molar-refractivity contribution in [2.45, 2.75) is 57.6 Å². The Balaban J connectivity index is 2.36. The van der Waals surface area contributed by atoms with Crippen LogP contribution < -0.4 is 5.46 Å². The van der Waals surface area contributed by atoms with E-state index in [1.54, 1.807) is 13.8 Å². The standard InChI is InChI=1S/C16H25BFNO4S/c1-7-19(8-2)24(20,21)12-9-10-13(14(18)11-12)17-22-15(3,4)16(5,6)23-17/h9-11H,7-8H2,1-6H3. The molecule has 8 heteroatoms. The second kappa shape index (κ2) is 6.40. The van der Waals surface area contributed by atoms with E-state index in [0.717, 1.165) is 6.07 Å². The molecular weight excluding hydrogens is 332 g/mol. The van der Waals surface area contributed by atoms with Crippen LogP contribution in [0.3, 0.4) is 0 Å². The van der Waals surface area contributed by atoms with Crippen LogP contribution in [0.5, 0.6) is 0 Å². The first-order valence-electron chi connectivity index (χ1n) is 8.11. The van der Waals surface area contributed by atoms with Crippen LogP contribution in [0.1, 0.15) is 41.5 Å². The molecule has 1 heterocycles. The van der Waals surface area contributed by atoms with E-state index < -0.39 is 34.2 Å². The number of halogens is 1. The second-order valence-electron chi connectivity index (χ2n) is 6.86. The van der Waals surface area contributed by atoms with Gasteiger partial charge in [-0.1, -0.05) is 19.9 Å². The molecule has 0 aromatic heterocycles. The minimum Gasteiger partial charge on any atom is -0.399 e. The smallest absolute Gasteiger partial charge is 0.399 e. The Bertz CT molecular complexity index is 701. The molecule has 1 aromatic carbocycles. The van der Waals surface area contributed by atoms with E-state index in [-0.39, 0.29) is 10.4 Å². The van der Waals surface area contributed by atoms with Gasteiger partial charge in [-0.25, -0.2) is 12.8 Å². The van der Waals surface area contributed by atoms with Crippen molar-refractivity contribution < 1.29 is 22.1 Å². The van der Waals surface area contributed by atoms with Crippen molar-refractivity contribution in [3.63, 3.8) is 0 Å². The Kier molecular flexibility index (Phi) is 5.17. The molecule has 0 saturated carbocycles. The summed E-state index contributed by atoms with van der Waals surface area (Å²) in [6.45, 7) is 11.7. The van der Waals surface area contributed by atoms with Crippen LogP contribution in [0.25, 0.3) is 0 Å². The zero-order valence-electron chi connectivity index (χ0n) is 15.1. The van der Waals surface area contributed by atoms with Gasteiger partial charge in [-0.15, -0.1) is 0 Å². The Labute approximate surface area is 144 Å². The molecule has 0 atom stereocenters. The van der Waals surface area contributed by atoms with E-state index in [1.165, 1.54) is 16.4 Å². The topological polar surface area (TPSA) is 55.8 Å². The fraction of sp³-hybridized carbons (Fsp3) is 0.625. The Hall–Kier alpha value is -0.955. The maximum absolute atomic E-state index is 14.6. The van der Waals surface area contributed by atoms with Crippen molar-refractivity contribution in [2.24, 2.45) is 0 Å². The van der Waals surface area contributed by atoms with Gasteiger partial charge < -0.3 is 9.31 Å².